The minimum Gasteiger partial charge on any atom is -0.396 e. The molecule has 1 unspecified atom stereocenters. The van der Waals surface area contributed by atoms with Gasteiger partial charge >= 0.3 is 0 Å². The van der Waals surface area contributed by atoms with E-state index in [1.807, 2.05) is 6.92 Å². The van der Waals surface area contributed by atoms with E-state index in [1.165, 1.54) is 0 Å². The Bertz CT molecular complexity index is 518. The van der Waals surface area contributed by atoms with Crippen molar-refractivity contribution >= 4 is 23.6 Å². The Kier molecular flexibility index (Phi) is 4.78. The summed E-state index contributed by atoms with van der Waals surface area (Å²) in [5.41, 5.74) is 0.669. The minimum atomic E-state index is -0.179. The molecule has 20 heavy (non-hydrogen) atoms. The third kappa shape index (κ3) is 3.81. The highest BCUT2D eigenvalue weighted by Crippen LogP contribution is 2.28. The average Bonchev–Trinajstić information content (AvgIpc) is 2.45. The van der Waals surface area contributed by atoms with Crippen LogP contribution in [0.1, 0.15) is 25.3 Å². The number of carbonyl (C=O) groups excluding carboxylic acids is 1. The first-order chi connectivity index (χ1) is 9.52. The molecule has 1 fully saturated rings. The average molecular weight is 295 g/mol. The molecule has 108 valence electrons. The fourth-order valence-corrected chi connectivity index (χ4v) is 2.61. The molecule has 0 aliphatic carbocycles. The van der Waals surface area contributed by atoms with Crippen molar-refractivity contribution in [1.29, 1.82) is 0 Å². The van der Waals surface area contributed by atoms with E-state index in [4.69, 9.17) is 11.6 Å². The molecule has 1 aliphatic rings. The van der Waals surface area contributed by atoms with E-state index in [-0.39, 0.29) is 17.9 Å². The van der Waals surface area contributed by atoms with Crippen molar-refractivity contribution in [3.8, 4) is 0 Å². The van der Waals surface area contributed by atoms with Crippen molar-refractivity contribution in [2.75, 3.05) is 19.7 Å². The fourth-order valence-electron chi connectivity index (χ4n) is 2.43. The van der Waals surface area contributed by atoms with Gasteiger partial charge in [-0.1, -0.05) is 18.5 Å². The lowest BCUT2D eigenvalue weighted by atomic mass is 9.83. The Balaban J connectivity index is 2.01. The summed E-state index contributed by atoms with van der Waals surface area (Å²) in [5, 5.41) is 9.82. The first-order valence-corrected chi connectivity index (χ1v) is 7.10. The molecule has 1 saturated heterocycles. The lowest BCUT2D eigenvalue weighted by Crippen LogP contribution is -2.45. The first kappa shape index (κ1) is 15.0. The van der Waals surface area contributed by atoms with Gasteiger partial charge in [0.2, 0.25) is 5.91 Å². The number of rotatable bonds is 3. The van der Waals surface area contributed by atoms with Crippen LogP contribution in [0.2, 0.25) is 5.15 Å². The molecule has 1 aromatic rings. The van der Waals surface area contributed by atoms with E-state index in [0.29, 0.717) is 11.7 Å². The smallest absolute Gasteiger partial charge is 0.246 e. The summed E-state index contributed by atoms with van der Waals surface area (Å²) < 4.78 is 0. The van der Waals surface area contributed by atoms with E-state index in [1.54, 1.807) is 35.4 Å². The zero-order valence-corrected chi connectivity index (χ0v) is 12.3. The Morgan fingerprint density at radius 2 is 2.45 bits per heavy atom. The highest BCUT2D eigenvalue weighted by Gasteiger charge is 2.31. The second kappa shape index (κ2) is 6.37. The van der Waals surface area contributed by atoms with Crippen molar-refractivity contribution in [2.24, 2.45) is 5.41 Å². The summed E-state index contributed by atoms with van der Waals surface area (Å²) >= 11 is 5.80. The van der Waals surface area contributed by atoms with Gasteiger partial charge in [-0.3, -0.25) is 4.79 Å². The Morgan fingerprint density at radius 1 is 1.65 bits per heavy atom. The Hall–Kier alpha value is -1.39. The molecule has 1 aliphatic heterocycles. The molecule has 5 heteroatoms. The summed E-state index contributed by atoms with van der Waals surface area (Å²) in [6.45, 7) is 3.47. The van der Waals surface area contributed by atoms with Gasteiger partial charge in [0.05, 0.1) is 6.61 Å². The standard InChI is InChI=1S/C15H19ClN2O2/c1-15(11-19)6-2-8-18(10-15)14(20)4-3-12-5-7-17-13(16)9-12/h3-5,7,9,19H,2,6,8,10-11H2,1H3/b4-3+. The number of aliphatic hydroxyl groups is 1. The van der Waals surface area contributed by atoms with E-state index in [9.17, 15) is 9.90 Å². The molecule has 1 atom stereocenters. The fraction of sp³-hybridized carbons (Fsp3) is 0.467. The second-order valence-electron chi connectivity index (χ2n) is 5.58. The van der Waals surface area contributed by atoms with Gasteiger partial charge in [-0.2, -0.15) is 0 Å². The molecular formula is C15H19ClN2O2. The summed E-state index contributed by atoms with van der Waals surface area (Å²) in [7, 11) is 0. The number of hydrogen-bond donors (Lipinski definition) is 1. The van der Waals surface area contributed by atoms with Gasteiger partial charge in [-0.25, -0.2) is 4.98 Å². The van der Waals surface area contributed by atoms with Crippen LogP contribution in [0.25, 0.3) is 6.08 Å². The lowest BCUT2D eigenvalue weighted by Gasteiger charge is -2.38. The predicted molar refractivity (Wildman–Crippen MR) is 79.3 cm³/mol. The van der Waals surface area contributed by atoms with Crippen molar-refractivity contribution in [3.05, 3.63) is 35.1 Å². The van der Waals surface area contributed by atoms with Crippen LogP contribution in [0.5, 0.6) is 0 Å². The molecular weight excluding hydrogens is 276 g/mol. The number of likely N-dealkylation sites (tertiary alicyclic amines) is 1. The quantitative estimate of drug-likeness (QED) is 0.688. The van der Waals surface area contributed by atoms with Crippen LogP contribution in [0.15, 0.2) is 24.4 Å². The minimum absolute atomic E-state index is 0.0303. The van der Waals surface area contributed by atoms with E-state index in [0.717, 1.165) is 24.9 Å². The third-order valence-electron chi connectivity index (χ3n) is 3.64. The van der Waals surface area contributed by atoms with Gasteiger partial charge in [0.15, 0.2) is 0 Å². The second-order valence-corrected chi connectivity index (χ2v) is 5.96. The maximum Gasteiger partial charge on any atom is 0.246 e. The van der Waals surface area contributed by atoms with E-state index < -0.39 is 0 Å². The highest BCUT2D eigenvalue weighted by molar-refractivity contribution is 6.29. The number of hydrogen-bond acceptors (Lipinski definition) is 3. The topological polar surface area (TPSA) is 53.4 Å². The predicted octanol–water partition coefficient (Wildman–Crippen LogP) is 2.37. The van der Waals surface area contributed by atoms with E-state index >= 15 is 0 Å². The van der Waals surface area contributed by atoms with Crippen LogP contribution in [0.3, 0.4) is 0 Å². The number of amides is 1. The number of aromatic nitrogens is 1. The van der Waals surface area contributed by atoms with Gasteiger partial charge in [0, 0.05) is 30.8 Å². The summed E-state index contributed by atoms with van der Waals surface area (Å²) in [4.78, 5) is 17.9. The van der Waals surface area contributed by atoms with E-state index in [2.05, 4.69) is 4.98 Å². The normalized spacial score (nSPS) is 23.2. The molecule has 2 heterocycles. The zero-order chi connectivity index (χ0) is 14.6. The van der Waals surface area contributed by atoms with Crippen LogP contribution < -0.4 is 0 Å². The van der Waals surface area contributed by atoms with Crippen LogP contribution in [-0.2, 0) is 4.79 Å². The zero-order valence-electron chi connectivity index (χ0n) is 11.6. The number of piperidine rings is 1. The molecule has 0 aromatic carbocycles. The molecule has 2 rings (SSSR count). The van der Waals surface area contributed by atoms with Crippen molar-refractivity contribution in [3.63, 3.8) is 0 Å². The monoisotopic (exact) mass is 294 g/mol. The maximum atomic E-state index is 12.2. The summed E-state index contributed by atoms with van der Waals surface area (Å²) in [6.07, 6.45) is 6.78. The third-order valence-corrected chi connectivity index (χ3v) is 3.85. The van der Waals surface area contributed by atoms with Gasteiger partial charge in [-0.15, -0.1) is 0 Å². The maximum absolute atomic E-state index is 12.2. The Labute approximate surface area is 124 Å². The number of halogens is 1. The molecule has 1 amide bonds. The van der Waals surface area contributed by atoms with Gasteiger partial charge in [-0.05, 0) is 36.6 Å². The number of carbonyl (C=O) groups is 1. The van der Waals surface area contributed by atoms with Gasteiger partial charge in [0.1, 0.15) is 5.15 Å². The van der Waals surface area contributed by atoms with Crippen LogP contribution in [0.4, 0.5) is 0 Å². The summed E-state index contributed by atoms with van der Waals surface area (Å²) in [6, 6.07) is 3.50. The number of aliphatic hydroxyl groups excluding tert-OH is 1. The molecule has 0 saturated carbocycles. The SMILES string of the molecule is CC1(CO)CCCN(C(=O)/C=C/c2ccnc(Cl)c2)C1. The van der Waals surface area contributed by atoms with Crippen LogP contribution in [-0.4, -0.2) is 40.6 Å². The van der Waals surface area contributed by atoms with Gasteiger partial charge in [0.25, 0.3) is 0 Å². The number of pyridine rings is 1. The molecule has 0 bridgehead atoms. The first-order valence-electron chi connectivity index (χ1n) is 6.72. The van der Waals surface area contributed by atoms with Gasteiger partial charge < -0.3 is 10.0 Å². The summed E-state index contributed by atoms with van der Waals surface area (Å²) in [5.74, 6) is -0.0303. The molecule has 1 N–H and O–H groups in total. The number of nitrogens with zero attached hydrogens (tertiary/aromatic N) is 2. The largest absolute Gasteiger partial charge is 0.396 e. The Morgan fingerprint density at radius 3 is 3.15 bits per heavy atom. The van der Waals surface area contributed by atoms with Crippen LogP contribution >= 0.6 is 11.6 Å². The van der Waals surface area contributed by atoms with Crippen molar-refractivity contribution in [2.45, 2.75) is 19.8 Å². The van der Waals surface area contributed by atoms with Crippen molar-refractivity contribution < 1.29 is 9.90 Å². The molecule has 4 nitrogen and oxygen atoms in total. The molecule has 1 aromatic heterocycles. The molecule has 0 spiro atoms. The molecule has 0 radical (unpaired) electrons. The van der Waals surface area contributed by atoms with Crippen LogP contribution in [0, 0.1) is 5.41 Å². The lowest BCUT2D eigenvalue weighted by molar-refractivity contribution is -0.129. The highest BCUT2D eigenvalue weighted by atomic mass is 35.5. The van der Waals surface area contributed by atoms with Crippen molar-refractivity contribution in [1.82, 2.24) is 9.88 Å².